The van der Waals surface area contributed by atoms with Gasteiger partial charge in [-0.1, -0.05) is 0 Å². The quantitative estimate of drug-likeness (QED) is 0.644. The minimum absolute atomic E-state index is 0.231. The van der Waals surface area contributed by atoms with E-state index in [0.717, 1.165) is 25.4 Å². The van der Waals surface area contributed by atoms with Gasteiger partial charge in [0, 0.05) is 39.6 Å². The maximum Gasteiger partial charge on any atom is 0.0971 e. The van der Waals surface area contributed by atoms with Gasteiger partial charge in [-0.15, -0.1) is 0 Å². The van der Waals surface area contributed by atoms with E-state index in [9.17, 15) is 0 Å². The Labute approximate surface area is 79.4 Å². The highest BCUT2D eigenvalue weighted by atomic mass is 32.1. The highest BCUT2D eigenvalue weighted by molar-refractivity contribution is 7.80. The zero-order valence-corrected chi connectivity index (χ0v) is 8.59. The molecule has 0 aromatic heterocycles. The van der Waals surface area contributed by atoms with E-state index in [4.69, 9.17) is 9.47 Å². The number of methoxy groups -OCH3 is 2. The molecule has 1 aliphatic rings. The van der Waals surface area contributed by atoms with Crippen LogP contribution in [0.2, 0.25) is 0 Å². The SMILES string of the molecule is COC1CN(CCS)CC1OC. The smallest absolute Gasteiger partial charge is 0.0971 e. The van der Waals surface area contributed by atoms with Crippen molar-refractivity contribution in [3.05, 3.63) is 0 Å². The topological polar surface area (TPSA) is 21.7 Å². The summed E-state index contributed by atoms with van der Waals surface area (Å²) in [7, 11) is 3.47. The van der Waals surface area contributed by atoms with E-state index in [1.807, 2.05) is 0 Å². The van der Waals surface area contributed by atoms with E-state index in [2.05, 4.69) is 17.5 Å². The van der Waals surface area contributed by atoms with Crippen molar-refractivity contribution in [3.63, 3.8) is 0 Å². The first kappa shape index (κ1) is 10.3. The third kappa shape index (κ3) is 2.36. The van der Waals surface area contributed by atoms with Crippen LogP contribution in [0.1, 0.15) is 0 Å². The van der Waals surface area contributed by atoms with Crippen LogP contribution in [-0.2, 0) is 9.47 Å². The van der Waals surface area contributed by atoms with Crippen LogP contribution in [0.5, 0.6) is 0 Å². The number of nitrogens with zero attached hydrogens (tertiary/aromatic N) is 1. The Morgan fingerprint density at radius 3 is 2.08 bits per heavy atom. The summed E-state index contributed by atoms with van der Waals surface area (Å²) in [5.74, 6) is 0.896. The number of thiol groups is 1. The lowest BCUT2D eigenvalue weighted by molar-refractivity contribution is -0.00461. The van der Waals surface area contributed by atoms with Crippen LogP contribution in [0.25, 0.3) is 0 Å². The Kier molecular flexibility index (Phi) is 4.35. The third-order valence-corrected chi connectivity index (χ3v) is 2.51. The largest absolute Gasteiger partial charge is 0.377 e. The molecule has 0 N–H and O–H groups in total. The lowest BCUT2D eigenvalue weighted by Gasteiger charge is -2.13. The molecular weight excluding hydrogens is 174 g/mol. The van der Waals surface area contributed by atoms with Gasteiger partial charge >= 0.3 is 0 Å². The molecule has 1 rings (SSSR count). The first-order valence-corrected chi connectivity index (χ1v) is 4.84. The highest BCUT2D eigenvalue weighted by Crippen LogP contribution is 2.14. The van der Waals surface area contributed by atoms with Gasteiger partial charge in [0.25, 0.3) is 0 Å². The van der Waals surface area contributed by atoms with E-state index < -0.39 is 0 Å². The summed E-state index contributed by atoms with van der Waals surface area (Å²) in [4.78, 5) is 2.31. The van der Waals surface area contributed by atoms with E-state index in [1.54, 1.807) is 14.2 Å². The fourth-order valence-electron chi connectivity index (χ4n) is 1.60. The van der Waals surface area contributed by atoms with Gasteiger partial charge in [0.2, 0.25) is 0 Å². The predicted molar refractivity (Wildman–Crippen MR) is 51.9 cm³/mol. The van der Waals surface area contributed by atoms with Crippen LogP contribution in [-0.4, -0.2) is 56.7 Å². The predicted octanol–water partition coefficient (Wildman–Crippen LogP) is 0.262. The summed E-state index contributed by atoms with van der Waals surface area (Å²) in [6.45, 7) is 2.95. The van der Waals surface area contributed by atoms with Crippen LogP contribution in [0.15, 0.2) is 0 Å². The number of hydrogen-bond donors (Lipinski definition) is 1. The molecular formula is C8H17NO2S. The van der Waals surface area contributed by atoms with E-state index in [-0.39, 0.29) is 12.2 Å². The molecule has 0 spiro atoms. The second-order valence-electron chi connectivity index (χ2n) is 3.03. The van der Waals surface area contributed by atoms with Crippen LogP contribution < -0.4 is 0 Å². The van der Waals surface area contributed by atoms with Crippen LogP contribution >= 0.6 is 12.6 Å². The maximum atomic E-state index is 5.30. The molecule has 0 aliphatic carbocycles. The summed E-state index contributed by atoms with van der Waals surface area (Å²) < 4.78 is 10.6. The van der Waals surface area contributed by atoms with Gasteiger partial charge < -0.3 is 9.47 Å². The minimum atomic E-state index is 0.231. The number of ether oxygens (including phenoxy) is 2. The maximum absolute atomic E-state index is 5.30. The van der Waals surface area contributed by atoms with Crippen molar-refractivity contribution in [2.24, 2.45) is 0 Å². The molecule has 72 valence electrons. The molecule has 1 heterocycles. The Bertz CT molecular complexity index is 122. The average Bonchev–Trinajstić information content (AvgIpc) is 2.48. The van der Waals surface area contributed by atoms with Crippen molar-refractivity contribution in [1.82, 2.24) is 4.90 Å². The van der Waals surface area contributed by atoms with Crippen molar-refractivity contribution >= 4 is 12.6 Å². The zero-order chi connectivity index (χ0) is 8.97. The molecule has 1 saturated heterocycles. The first-order valence-electron chi connectivity index (χ1n) is 4.20. The molecule has 0 bridgehead atoms. The number of rotatable bonds is 4. The van der Waals surface area contributed by atoms with Gasteiger partial charge in [0.1, 0.15) is 0 Å². The summed E-state index contributed by atoms with van der Waals surface area (Å²) in [5, 5.41) is 0. The molecule has 0 aromatic carbocycles. The minimum Gasteiger partial charge on any atom is -0.377 e. The molecule has 0 aromatic rings. The monoisotopic (exact) mass is 191 g/mol. The van der Waals surface area contributed by atoms with Gasteiger partial charge in [-0.3, -0.25) is 4.90 Å². The van der Waals surface area contributed by atoms with E-state index in [0.29, 0.717) is 0 Å². The lowest BCUT2D eigenvalue weighted by atomic mass is 10.3. The fourth-order valence-corrected chi connectivity index (χ4v) is 1.88. The molecule has 3 nitrogen and oxygen atoms in total. The molecule has 2 unspecified atom stereocenters. The second kappa shape index (κ2) is 5.07. The van der Waals surface area contributed by atoms with Gasteiger partial charge in [0.15, 0.2) is 0 Å². The van der Waals surface area contributed by atoms with Crippen molar-refractivity contribution < 1.29 is 9.47 Å². The van der Waals surface area contributed by atoms with Crippen LogP contribution in [0.3, 0.4) is 0 Å². The van der Waals surface area contributed by atoms with Crippen LogP contribution in [0.4, 0.5) is 0 Å². The van der Waals surface area contributed by atoms with Crippen molar-refractivity contribution in [1.29, 1.82) is 0 Å². The summed E-state index contributed by atoms with van der Waals surface area (Å²) in [6, 6.07) is 0. The summed E-state index contributed by atoms with van der Waals surface area (Å²) in [6.07, 6.45) is 0.463. The van der Waals surface area contributed by atoms with E-state index >= 15 is 0 Å². The van der Waals surface area contributed by atoms with Crippen LogP contribution in [0, 0.1) is 0 Å². The van der Waals surface area contributed by atoms with Gasteiger partial charge in [-0.25, -0.2) is 0 Å². The van der Waals surface area contributed by atoms with Crippen molar-refractivity contribution in [3.8, 4) is 0 Å². The Morgan fingerprint density at radius 1 is 1.25 bits per heavy atom. The molecule has 0 radical (unpaired) electrons. The first-order chi connectivity index (χ1) is 5.81. The Hall–Kier alpha value is 0.230. The van der Waals surface area contributed by atoms with Gasteiger partial charge in [-0.05, 0) is 0 Å². The average molecular weight is 191 g/mol. The third-order valence-electron chi connectivity index (χ3n) is 2.31. The molecule has 12 heavy (non-hydrogen) atoms. The molecule has 1 fully saturated rings. The molecule has 1 aliphatic heterocycles. The fraction of sp³-hybridized carbons (Fsp3) is 1.00. The summed E-state index contributed by atoms with van der Waals surface area (Å²) in [5.41, 5.74) is 0. The standard InChI is InChI=1S/C8H17NO2S/c1-10-7-5-9(3-4-12)6-8(7)11-2/h7-8,12H,3-6H2,1-2H3. The van der Waals surface area contributed by atoms with Gasteiger partial charge in [-0.2, -0.15) is 12.6 Å². The second-order valence-corrected chi connectivity index (χ2v) is 3.48. The summed E-state index contributed by atoms with van der Waals surface area (Å²) >= 11 is 4.19. The molecule has 4 heteroatoms. The van der Waals surface area contributed by atoms with Crippen molar-refractivity contribution in [2.75, 3.05) is 39.6 Å². The molecule has 0 saturated carbocycles. The normalized spacial score (nSPS) is 31.2. The molecule has 0 amide bonds. The molecule has 2 atom stereocenters. The lowest BCUT2D eigenvalue weighted by Crippen LogP contribution is -2.27. The van der Waals surface area contributed by atoms with Crippen molar-refractivity contribution in [2.45, 2.75) is 12.2 Å². The van der Waals surface area contributed by atoms with E-state index in [1.165, 1.54) is 0 Å². The Morgan fingerprint density at radius 2 is 1.75 bits per heavy atom. The Balaban J connectivity index is 2.36. The zero-order valence-electron chi connectivity index (χ0n) is 7.69. The number of likely N-dealkylation sites (tertiary alicyclic amines) is 1. The number of hydrogen-bond acceptors (Lipinski definition) is 4. The highest BCUT2D eigenvalue weighted by Gasteiger charge is 2.31. The van der Waals surface area contributed by atoms with Gasteiger partial charge in [0.05, 0.1) is 12.2 Å².